The standard InChI is InChI=1S/C11H14FNO3/c12-8-4-3-5-9(15)10(8)11(16)13-6-1-2-7-14/h3-5,14-15H,1-2,6-7H2,(H,13,16). The summed E-state index contributed by atoms with van der Waals surface area (Å²) in [4.78, 5) is 11.5. The zero-order valence-electron chi connectivity index (χ0n) is 8.74. The van der Waals surface area contributed by atoms with Crippen molar-refractivity contribution in [1.29, 1.82) is 0 Å². The van der Waals surface area contributed by atoms with Crippen molar-refractivity contribution in [3.8, 4) is 5.75 Å². The van der Waals surface area contributed by atoms with Crippen molar-refractivity contribution >= 4 is 5.91 Å². The number of carbonyl (C=O) groups excluding carboxylic acids is 1. The second-order valence-corrected chi connectivity index (χ2v) is 3.32. The second-order valence-electron chi connectivity index (χ2n) is 3.32. The molecule has 0 fully saturated rings. The highest BCUT2D eigenvalue weighted by atomic mass is 19.1. The van der Waals surface area contributed by atoms with Crippen LogP contribution in [-0.4, -0.2) is 29.3 Å². The van der Waals surface area contributed by atoms with Gasteiger partial charge in [0, 0.05) is 13.2 Å². The summed E-state index contributed by atoms with van der Waals surface area (Å²) in [5, 5.41) is 20.3. The molecule has 0 bridgehead atoms. The van der Waals surface area contributed by atoms with E-state index in [0.29, 0.717) is 19.4 Å². The van der Waals surface area contributed by atoms with Gasteiger partial charge in [0.05, 0.1) is 0 Å². The van der Waals surface area contributed by atoms with Crippen molar-refractivity contribution < 1.29 is 19.4 Å². The minimum Gasteiger partial charge on any atom is -0.507 e. The molecule has 1 aromatic rings. The summed E-state index contributed by atoms with van der Waals surface area (Å²) >= 11 is 0. The Labute approximate surface area is 92.7 Å². The van der Waals surface area contributed by atoms with Crippen molar-refractivity contribution in [2.75, 3.05) is 13.2 Å². The number of phenolic OH excluding ortho intramolecular Hbond substituents is 1. The Bertz CT molecular complexity index is 348. The Kier molecular flexibility index (Phi) is 4.72. The highest BCUT2D eigenvalue weighted by Crippen LogP contribution is 2.19. The number of amides is 1. The lowest BCUT2D eigenvalue weighted by molar-refractivity contribution is 0.0945. The quantitative estimate of drug-likeness (QED) is 0.658. The van der Waals surface area contributed by atoms with Crippen LogP contribution in [0.4, 0.5) is 4.39 Å². The molecular weight excluding hydrogens is 213 g/mol. The van der Waals surface area contributed by atoms with Crippen LogP contribution in [-0.2, 0) is 0 Å². The number of aliphatic hydroxyl groups is 1. The van der Waals surface area contributed by atoms with Crippen LogP contribution in [0, 0.1) is 5.82 Å². The first-order valence-electron chi connectivity index (χ1n) is 5.03. The highest BCUT2D eigenvalue weighted by Gasteiger charge is 2.15. The molecule has 1 rings (SSSR count). The number of hydrogen-bond acceptors (Lipinski definition) is 3. The van der Waals surface area contributed by atoms with Crippen LogP contribution in [0.15, 0.2) is 18.2 Å². The SMILES string of the molecule is O=C(NCCCCO)c1c(O)cccc1F. The van der Waals surface area contributed by atoms with Crippen LogP contribution < -0.4 is 5.32 Å². The molecule has 0 aliphatic rings. The van der Waals surface area contributed by atoms with Gasteiger partial charge in [-0.25, -0.2) is 4.39 Å². The summed E-state index contributed by atoms with van der Waals surface area (Å²) < 4.78 is 13.2. The number of aromatic hydroxyl groups is 1. The van der Waals surface area contributed by atoms with E-state index in [1.165, 1.54) is 12.1 Å². The van der Waals surface area contributed by atoms with E-state index in [4.69, 9.17) is 5.11 Å². The lowest BCUT2D eigenvalue weighted by Crippen LogP contribution is -2.25. The van der Waals surface area contributed by atoms with Crippen LogP contribution in [0.25, 0.3) is 0 Å². The van der Waals surface area contributed by atoms with E-state index in [0.717, 1.165) is 6.07 Å². The molecule has 0 unspecified atom stereocenters. The largest absolute Gasteiger partial charge is 0.507 e. The van der Waals surface area contributed by atoms with Gasteiger partial charge in [0.2, 0.25) is 0 Å². The van der Waals surface area contributed by atoms with Crippen molar-refractivity contribution in [3.63, 3.8) is 0 Å². The Morgan fingerprint density at radius 2 is 2.12 bits per heavy atom. The molecular formula is C11H14FNO3. The predicted octanol–water partition coefficient (Wildman–Crippen LogP) is 1.03. The number of nitrogens with one attached hydrogen (secondary N) is 1. The smallest absolute Gasteiger partial charge is 0.258 e. The predicted molar refractivity (Wildman–Crippen MR) is 56.7 cm³/mol. The van der Waals surface area contributed by atoms with E-state index < -0.39 is 11.7 Å². The number of hydrogen-bond donors (Lipinski definition) is 3. The fourth-order valence-electron chi connectivity index (χ4n) is 1.26. The molecule has 3 N–H and O–H groups in total. The molecule has 88 valence electrons. The number of unbranched alkanes of at least 4 members (excludes halogenated alkanes) is 1. The molecule has 0 aliphatic heterocycles. The summed E-state index contributed by atoms with van der Waals surface area (Å²) in [7, 11) is 0. The lowest BCUT2D eigenvalue weighted by atomic mass is 10.1. The number of carbonyl (C=O) groups is 1. The zero-order chi connectivity index (χ0) is 12.0. The Hall–Kier alpha value is -1.62. The van der Waals surface area contributed by atoms with Crippen LogP contribution in [0.1, 0.15) is 23.2 Å². The first kappa shape index (κ1) is 12.4. The zero-order valence-corrected chi connectivity index (χ0v) is 8.74. The van der Waals surface area contributed by atoms with Gasteiger partial charge in [-0.05, 0) is 25.0 Å². The fourth-order valence-corrected chi connectivity index (χ4v) is 1.26. The average Bonchev–Trinajstić information content (AvgIpc) is 2.24. The van der Waals surface area contributed by atoms with Gasteiger partial charge in [0.25, 0.3) is 5.91 Å². The number of halogens is 1. The molecule has 0 aliphatic carbocycles. The topological polar surface area (TPSA) is 69.6 Å². The number of phenols is 1. The van der Waals surface area contributed by atoms with Gasteiger partial charge < -0.3 is 15.5 Å². The maximum Gasteiger partial charge on any atom is 0.258 e. The molecule has 0 saturated carbocycles. The highest BCUT2D eigenvalue weighted by molar-refractivity contribution is 5.97. The van der Waals surface area contributed by atoms with Gasteiger partial charge in [-0.3, -0.25) is 4.79 Å². The van der Waals surface area contributed by atoms with E-state index in [1.54, 1.807) is 0 Å². The Morgan fingerprint density at radius 3 is 2.75 bits per heavy atom. The summed E-state index contributed by atoms with van der Waals surface area (Å²) in [6.07, 6.45) is 1.18. The van der Waals surface area contributed by atoms with E-state index in [-0.39, 0.29) is 17.9 Å². The summed E-state index contributed by atoms with van der Waals surface area (Å²) in [6, 6.07) is 3.70. The molecule has 0 atom stereocenters. The van der Waals surface area contributed by atoms with Crippen molar-refractivity contribution in [2.45, 2.75) is 12.8 Å². The maximum absolute atomic E-state index is 13.2. The Morgan fingerprint density at radius 1 is 1.38 bits per heavy atom. The van der Waals surface area contributed by atoms with Gasteiger partial charge in [-0.1, -0.05) is 6.07 Å². The molecule has 1 aromatic carbocycles. The maximum atomic E-state index is 13.2. The third kappa shape index (κ3) is 3.20. The van der Waals surface area contributed by atoms with Gasteiger partial charge >= 0.3 is 0 Å². The van der Waals surface area contributed by atoms with Crippen LogP contribution >= 0.6 is 0 Å². The first-order valence-corrected chi connectivity index (χ1v) is 5.03. The molecule has 0 spiro atoms. The summed E-state index contributed by atoms with van der Waals surface area (Å²) in [6.45, 7) is 0.397. The lowest BCUT2D eigenvalue weighted by Gasteiger charge is -2.07. The normalized spacial score (nSPS) is 10.1. The average molecular weight is 227 g/mol. The number of rotatable bonds is 5. The monoisotopic (exact) mass is 227 g/mol. The summed E-state index contributed by atoms with van der Waals surface area (Å²) in [5.74, 6) is -1.77. The molecule has 0 aromatic heterocycles. The van der Waals surface area contributed by atoms with Crippen LogP contribution in [0.2, 0.25) is 0 Å². The molecule has 0 radical (unpaired) electrons. The Balaban J connectivity index is 2.59. The minimum absolute atomic E-state index is 0.0564. The fraction of sp³-hybridized carbons (Fsp3) is 0.364. The van der Waals surface area contributed by atoms with E-state index in [1.807, 2.05) is 0 Å². The van der Waals surface area contributed by atoms with Gasteiger partial charge in [-0.2, -0.15) is 0 Å². The van der Waals surface area contributed by atoms with E-state index >= 15 is 0 Å². The van der Waals surface area contributed by atoms with Crippen molar-refractivity contribution in [3.05, 3.63) is 29.6 Å². The molecule has 4 nitrogen and oxygen atoms in total. The van der Waals surface area contributed by atoms with Gasteiger partial charge in [0.1, 0.15) is 17.1 Å². The van der Waals surface area contributed by atoms with Gasteiger partial charge in [-0.15, -0.1) is 0 Å². The first-order chi connectivity index (χ1) is 7.66. The molecule has 1 amide bonds. The molecule has 5 heteroatoms. The summed E-state index contributed by atoms with van der Waals surface area (Å²) in [5.41, 5.74) is -0.341. The molecule has 0 saturated heterocycles. The second kappa shape index (κ2) is 6.07. The van der Waals surface area contributed by atoms with Crippen molar-refractivity contribution in [2.24, 2.45) is 0 Å². The van der Waals surface area contributed by atoms with Crippen LogP contribution in [0.5, 0.6) is 5.75 Å². The van der Waals surface area contributed by atoms with Gasteiger partial charge in [0.15, 0.2) is 0 Å². The third-order valence-corrected chi connectivity index (χ3v) is 2.09. The van der Waals surface area contributed by atoms with E-state index in [2.05, 4.69) is 5.32 Å². The minimum atomic E-state index is -0.750. The molecule has 16 heavy (non-hydrogen) atoms. The number of benzene rings is 1. The van der Waals surface area contributed by atoms with E-state index in [9.17, 15) is 14.3 Å². The van der Waals surface area contributed by atoms with Crippen LogP contribution in [0.3, 0.4) is 0 Å². The third-order valence-electron chi connectivity index (χ3n) is 2.09. The van der Waals surface area contributed by atoms with Crippen molar-refractivity contribution in [1.82, 2.24) is 5.32 Å². The molecule has 0 heterocycles. The number of aliphatic hydroxyl groups excluding tert-OH is 1.